The Bertz CT molecular complexity index is 1300. The zero-order valence-electron chi connectivity index (χ0n) is 20.4. The number of nitrogens with two attached hydrogens (primary N) is 2. The molecule has 8 heteroatoms. The Labute approximate surface area is 214 Å². The number of benzene rings is 3. The second-order valence-electron chi connectivity index (χ2n) is 8.63. The molecule has 4 N–H and O–H groups in total. The van der Waals surface area contributed by atoms with E-state index in [1.54, 1.807) is 18.4 Å². The second-order valence-corrected chi connectivity index (χ2v) is 10.0. The molecule has 3 aromatic carbocycles. The van der Waals surface area contributed by atoms with Crippen LogP contribution in [-0.2, 0) is 27.4 Å². The molecule has 7 nitrogen and oxygen atoms in total. The van der Waals surface area contributed by atoms with Crippen LogP contribution >= 0.6 is 0 Å². The summed E-state index contributed by atoms with van der Waals surface area (Å²) < 4.78 is 11.9. The van der Waals surface area contributed by atoms with E-state index in [2.05, 4.69) is 4.99 Å². The summed E-state index contributed by atoms with van der Waals surface area (Å²) >= 11 is -1.07. The SMILES string of the molecule is CCCN(OCc1ccc(N)cc1)C(=O)C1=Cc2ccc(-c3cccc([S+](C)[O-])c3)cc2N=C(N)C1. The summed E-state index contributed by atoms with van der Waals surface area (Å²) in [4.78, 5) is 24.7. The van der Waals surface area contributed by atoms with Gasteiger partial charge in [-0.3, -0.25) is 9.63 Å². The van der Waals surface area contributed by atoms with Gasteiger partial charge in [-0.1, -0.05) is 43.3 Å². The molecule has 3 aromatic rings. The normalized spacial score (nSPS) is 13.8. The Balaban J connectivity index is 1.59. The quantitative estimate of drug-likeness (QED) is 0.260. The van der Waals surface area contributed by atoms with Gasteiger partial charge in [-0.2, -0.15) is 0 Å². The zero-order chi connectivity index (χ0) is 25.7. The summed E-state index contributed by atoms with van der Waals surface area (Å²) in [5, 5.41) is 1.39. The number of amides is 1. The number of aliphatic imine (C=N–C) groups is 1. The van der Waals surface area contributed by atoms with Gasteiger partial charge in [0, 0.05) is 35.9 Å². The number of hydroxylamine groups is 2. The molecule has 0 bridgehead atoms. The highest BCUT2D eigenvalue weighted by Gasteiger charge is 2.22. The number of carbonyl (C=O) groups is 1. The molecule has 0 radical (unpaired) electrons. The van der Waals surface area contributed by atoms with E-state index in [1.165, 1.54) is 5.06 Å². The molecule has 0 saturated carbocycles. The molecular weight excluding hydrogens is 472 g/mol. The molecule has 186 valence electrons. The van der Waals surface area contributed by atoms with Gasteiger partial charge in [0.2, 0.25) is 0 Å². The Morgan fingerprint density at radius 2 is 1.83 bits per heavy atom. The lowest BCUT2D eigenvalue weighted by Gasteiger charge is -2.22. The van der Waals surface area contributed by atoms with E-state index in [0.717, 1.165) is 33.6 Å². The molecule has 36 heavy (non-hydrogen) atoms. The van der Waals surface area contributed by atoms with Crippen LogP contribution in [0, 0.1) is 0 Å². The summed E-state index contributed by atoms with van der Waals surface area (Å²) in [6, 6.07) is 20.8. The van der Waals surface area contributed by atoms with Gasteiger partial charge >= 0.3 is 0 Å². The topological polar surface area (TPSA) is 117 Å². The summed E-state index contributed by atoms with van der Waals surface area (Å²) in [5.41, 5.74) is 17.4. The average Bonchev–Trinajstić information content (AvgIpc) is 3.04. The Morgan fingerprint density at radius 1 is 1.08 bits per heavy atom. The molecule has 0 saturated heterocycles. The van der Waals surface area contributed by atoms with Crippen molar-refractivity contribution in [2.75, 3.05) is 18.5 Å². The van der Waals surface area contributed by atoms with Gasteiger partial charge in [0.15, 0.2) is 4.90 Å². The van der Waals surface area contributed by atoms with E-state index in [9.17, 15) is 9.35 Å². The first-order valence-electron chi connectivity index (χ1n) is 11.7. The lowest BCUT2D eigenvalue weighted by molar-refractivity contribution is -0.187. The molecule has 1 heterocycles. The lowest BCUT2D eigenvalue weighted by Crippen LogP contribution is -2.34. The van der Waals surface area contributed by atoms with Crippen molar-refractivity contribution < 1.29 is 14.2 Å². The summed E-state index contributed by atoms with van der Waals surface area (Å²) in [6.45, 7) is 2.69. The molecular formula is C28H30N4O3S. The molecule has 0 fully saturated rings. The van der Waals surface area contributed by atoms with E-state index in [1.807, 2.05) is 67.6 Å². The number of hydrogen-bond acceptors (Lipinski definition) is 6. The van der Waals surface area contributed by atoms with Crippen molar-refractivity contribution in [3.63, 3.8) is 0 Å². The molecule has 1 aliphatic rings. The molecule has 4 rings (SSSR count). The highest BCUT2D eigenvalue weighted by atomic mass is 32.2. The largest absolute Gasteiger partial charge is 0.612 e. The molecule has 0 aromatic heterocycles. The molecule has 1 amide bonds. The highest BCUT2D eigenvalue weighted by Crippen LogP contribution is 2.33. The van der Waals surface area contributed by atoms with Crippen LogP contribution in [0.1, 0.15) is 30.9 Å². The number of hydrogen-bond donors (Lipinski definition) is 2. The van der Waals surface area contributed by atoms with Gasteiger partial charge in [0.05, 0.1) is 5.69 Å². The maximum atomic E-state index is 13.4. The van der Waals surface area contributed by atoms with Crippen LogP contribution in [0.3, 0.4) is 0 Å². The van der Waals surface area contributed by atoms with E-state index < -0.39 is 11.2 Å². The fraction of sp³-hybridized carbons (Fsp3) is 0.214. The van der Waals surface area contributed by atoms with Crippen molar-refractivity contribution in [3.8, 4) is 11.1 Å². The van der Waals surface area contributed by atoms with E-state index in [0.29, 0.717) is 29.3 Å². The van der Waals surface area contributed by atoms with Crippen molar-refractivity contribution in [2.45, 2.75) is 31.3 Å². The van der Waals surface area contributed by atoms with Crippen molar-refractivity contribution in [2.24, 2.45) is 10.7 Å². The number of nitrogens with zero attached hydrogens (tertiary/aromatic N) is 2. The fourth-order valence-corrected chi connectivity index (χ4v) is 4.48. The Kier molecular flexibility index (Phi) is 8.10. The van der Waals surface area contributed by atoms with Gasteiger partial charge in [-0.05, 0) is 64.6 Å². The smallest absolute Gasteiger partial charge is 0.273 e. The Hall–Kier alpha value is -3.59. The van der Waals surface area contributed by atoms with Gasteiger partial charge < -0.3 is 16.0 Å². The van der Waals surface area contributed by atoms with Gasteiger partial charge in [-0.15, -0.1) is 0 Å². The second kappa shape index (κ2) is 11.4. The first kappa shape index (κ1) is 25.5. The molecule has 1 aliphatic heterocycles. The predicted octanol–water partition coefficient (Wildman–Crippen LogP) is 4.82. The van der Waals surface area contributed by atoms with Crippen LogP contribution < -0.4 is 11.5 Å². The summed E-state index contributed by atoms with van der Waals surface area (Å²) in [5.74, 6) is 0.115. The number of nitrogen functional groups attached to an aromatic ring is 1. The molecule has 1 atom stereocenters. The lowest BCUT2D eigenvalue weighted by atomic mass is 10.0. The third-order valence-corrected chi connectivity index (χ3v) is 6.71. The van der Waals surface area contributed by atoms with Crippen molar-refractivity contribution in [1.82, 2.24) is 5.06 Å². The Morgan fingerprint density at radius 3 is 2.56 bits per heavy atom. The monoisotopic (exact) mass is 502 g/mol. The third-order valence-electron chi connectivity index (χ3n) is 5.79. The maximum Gasteiger partial charge on any atom is 0.273 e. The van der Waals surface area contributed by atoms with Gasteiger partial charge in [0.25, 0.3) is 5.91 Å². The minimum Gasteiger partial charge on any atom is -0.612 e. The predicted molar refractivity (Wildman–Crippen MR) is 146 cm³/mol. The van der Waals surface area contributed by atoms with Crippen LogP contribution in [-0.4, -0.2) is 34.2 Å². The minimum absolute atomic E-state index is 0.221. The third kappa shape index (κ3) is 6.15. The van der Waals surface area contributed by atoms with Crippen molar-refractivity contribution >= 4 is 40.4 Å². The minimum atomic E-state index is -1.07. The van der Waals surface area contributed by atoms with Crippen molar-refractivity contribution in [1.29, 1.82) is 0 Å². The fourth-order valence-electron chi connectivity index (χ4n) is 3.92. The summed E-state index contributed by atoms with van der Waals surface area (Å²) in [7, 11) is 0. The first-order chi connectivity index (χ1) is 17.3. The molecule has 0 aliphatic carbocycles. The van der Waals surface area contributed by atoms with Crippen LogP contribution in [0.15, 0.2) is 82.2 Å². The number of fused-ring (bicyclic) bond motifs is 1. The maximum absolute atomic E-state index is 13.4. The van der Waals surface area contributed by atoms with Crippen LogP contribution in [0.4, 0.5) is 11.4 Å². The van der Waals surface area contributed by atoms with E-state index in [-0.39, 0.29) is 18.9 Å². The standard InChI is InChI=1S/C28H30N4O3S/c1-3-13-32(35-18-19-7-11-24(29)12-8-19)28(33)23-14-22-10-9-21(16-26(22)31-27(30)17-23)20-5-4-6-25(15-20)36(2)34/h4-12,14-16H,3,13,17-18,29H2,1-2H3,(H2,30,31). The van der Waals surface area contributed by atoms with Crippen molar-refractivity contribution in [3.05, 3.63) is 83.4 Å². The molecule has 1 unspecified atom stereocenters. The number of carbonyl (C=O) groups excluding carboxylic acids is 1. The molecule has 0 spiro atoms. The first-order valence-corrected chi connectivity index (χ1v) is 13.3. The summed E-state index contributed by atoms with van der Waals surface area (Å²) in [6.07, 6.45) is 4.45. The zero-order valence-corrected chi connectivity index (χ0v) is 21.3. The average molecular weight is 503 g/mol. The number of amidine groups is 1. The highest BCUT2D eigenvalue weighted by molar-refractivity contribution is 7.90. The van der Waals surface area contributed by atoms with Crippen LogP contribution in [0.2, 0.25) is 0 Å². The van der Waals surface area contributed by atoms with E-state index >= 15 is 0 Å². The van der Waals surface area contributed by atoms with Crippen LogP contribution in [0.25, 0.3) is 17.2 Å². The van der Waals surface area contributed by atoms with Crippen LogP contribution in [0.5, 0.6) is 0 Å². The van der Waals surface area contributed by atoms with Gasteiger partial charge in [-0.25, -0.2) is 10.1 Å². The van der Waals surface area contributed by atoms with Gasteiger partial charge in [0.1, 0.15) is 18.7 Å². The number of anilines is 1. The number of rotatable bonds is 8. The van der Waals surface area contributed by atoms with E-state index in [4.69, 9.17) is 16.3 Å².